The van der Waals surface area contributed by atoms with E-state index < -0.39 is 0 Å². The first-order chi connectivity index (χ1) is 15.1. The van der Waals surface area contributed by atoms with Crippen LogP contribution < -0.4 is 9.47 Å². The standard InChI is InChI=1S/C26H22O5/c1-3-17-4-6-18(7-5-17)14-24-25(27)22-13-12-21(15-23(22)31-24)30-16-19-8-10-20(11-9-19)26(28)29-2/h4-15H,3,16H2,1-2H3/b24-14-. The van der Waals surface area contributed by atoms with Gasteiger partial charge < -0.3 is 14.2 Å². The number of ether oxygens (including phenoxy) is 3. The highest BCUT2D eigenvalue weighted by molar-refractivity contribution is 6.14. The highest BCUT2D eigenvalue weighted by Gasteiger charge is 2.27. The molecule has 0 N–H and O–H groups in total. The molecule has 5 nitrogen and oxygen atoms in total. The minimum atomic E-state index is -0.377. The number of ketones is 1. The maximum absolute atomic E-state index is 12.7. The van der Waals surface area contributed by atoms with Crippen LogP contribution in [0.25, 0.3) is 6.08 Å². The van der Waals surface area contributed by atoms with Gasteiger partial charge in [-0.05, 0) is 53.5 Å². The quantitative estimate of drug-likeness (QED) is 0.408. The number of aryl methyl sites for hydroxylation is 1. The van der Waals surface area contributed by atoms with E-state index in [9.17, 15) is 9.59 Å². The molecule has 0 bridgehead atoms. The second-order valence-electron chi connectivity index (χ2n) is 7.17. The molecule has 0 aromatic heterocycles. The van der Waals surface area contributed by atoms with E-state index in [1.54, 1.807) is 36.4 Å². The Morgan fingerprint density at radius 3 is 2.35 bits per heavy atom. The van der Waals surface area contributed by atoms with Crippen molar-refractivity contribution >= 4 is 17.8 Å². The van der Waals surface area contributed by atoms with E-state index in [1.807, 2.05) is 36.4 Å². The smallest absolute Gasteiger partial charge is 0.337 e. The fraction of sp³-hybridized carbons (Fsp3) is 0.154. The summed E-state index contributed by atoms with van der Waals surface area (Å²) in [4.78, 5) is 24.2. The third-order valence-corrected chi connectivity index (χ3v) is 5.11. The molecule has 0 saturated heterocycles. The molecule has 0 fully saturated rings. The molecule has 1 aliphatic rings. The van der Waals surface area contributed by atoms with E-state index in [1.165, 1.54) is 12.7 Å². The molecule has 3 aromatic carbocycles. The van der Waals surface area contributed by atoms with Crippen LogP contribution in [-0.4, -0.2) is 18.9 Å². The van der Waals surface area contributed by atoms with Gasteiger partial charge in [0.2, 0.25) is 5.78 Å². The highest BCUT2D eigenvalue weighted by atomic mass is 16.5. The summed E-state index contributed by atoms with van der Waals surface area (Å²) in [7, 11) is 1.35. The van der Waals surface area contributed by atoms with E-state index in [4.69, 9.17) is 14.2 Å². The molecule has 0 amide bonds. The zero-order valence-corrected chi connectivity index (χ0v) is 17.4. The summed E-state index contributed by atoms with van der Waals surface area (Å²) in [6, 6.07) is 20.2. The van der Waals surface area contributed by atoms with Gasteiger partial charge in [-0.3, -0.25) is 4.79 Å². The van der Waals surface area contributed by atoms with Crippen molar-refractivity contribution in [1.29, 1.82) is 0 Å². The van der Waals surface area contributed by atoms with E-state index in [0.29, 0.717) is 35.0 Å². The molecular weight excluding hydrogens is 392 g/mol. The van der Waals surface area contributed by atoms with Crippen molar-refractivity contribution < 1.29 is 23.8 Å². The van der Waals surface area contributed by atoms with Crippen LogP contribution in [0.2, 0.25) is 0 Å². The van der Waals surface area contributed by atoms with Gasteiger partial charge in [-0.15, -0.1) is 0 Å². The lowest BCUT2D eigenvalue weighted by Crippen LogP contribution is -2.02. The molecular formula is C26H22O5. The number of hydrogen-bond donors (Lipinski definition) is 0. The SMILES string of the molecule is CCc1ccc(/C=C2\Oc3cc(OCc4ccc(C(=O)OC)cc4)ccc3C2=O)cc1. The van der Waals surface area contributed by atoms with Gasteiger partial charge in [-0.2, -0.15) is 0 Å². The summed E-state index contributed by atoms with van der Waals surface area (Å²) in [6.45, 7) is 2.42. The molecule has 0 saturated carbocycles. The van der Waals surface area contributed by atoms with Crippen molar-refractivity contribution in [3.8, 4) is 11.5 Å². The van der Waals surface area contributed by atoms with Crippen molar-refractivity contribution in [2.75, 3.05) is 7.11 Å². The Hall–Kier alpha value is -3.86. The second-order valence-corrected chi connectivity index (χ2v) is 7.17. The largest absolute Gasteiger partial charge is 0.489 e. The minimum Gasteiger partial charge on any atom is -0.489 e. The van der Waals surface area contributed by atoms with Gasteiger partial charge >= 0.3 is 5.97 Å². The average Bonchev–Trinajstić information content (AvgIpc) is 3.12. The lowest BCUT2D eigenvalue weighted by molar-refractivity contribution is 0.0600. The number of Topliss-reactive ketones (excluding diaryl/α,β-unsaturated/α-hetero) is 1. The summed E-state index contributed by atoms with van der Waals surface area (Å²) < 4.78 is 16.3. The van der Waals surface area contributed by atoms with Crippen LogP contribution in [0.1, 0.15) is 44.3 Å². The fourth-order valence-corrected chi connectivity index (χ4v) is 3.28. The first kappa shape index (κ1) is 20.4. The lowest BCUT2D eigenvalue weighted by Gasteiger charge is -2.08. The molecule has 0 radical (unpaired) electrons. The van der Waals surface area contributed by atoms with Gasteiger partial charge in [-0.25, -0.2) is 4.79 Å². The molecule has 1 aliphatic heterocycles. The molecule has 4 rings (SSSR count). The van der Waals surface area contributed by atoms with Crippen LogP contribution in [0.5, 0.6) is 11.5 Å². The monoisotopic (exact) mass is 414 g/mol. The Labute approximate surface area is 180 Å². The molecule has 1 heterocycles. The van der Waals surface area contributed by atoms with Crippen LogP contribution in [0.4, 0.5) is 0 Å². The Kier molecular flexibility index (Phi) is 5.85. The molecule has 5 heteroatoms. The van der Waals surface area contributed by atoms with E-state index >= 15 is 0 Å². The Morgan fingerprint density at radius 1 is 0.968 bits per heavy atom. The minimum absolute atomic E-state index is 0.139. The van der Waals surface area contributed by atoms with E-state index in [-0.39, 0.29) is 11.8 Å². The van der Waals surface area contributed by atoms with Gasteiger partial charge in [0.15, 0.2) is 5.76 Å². The van der Waals surface area contributed by atoms with Crippen LogP contribution in [-0.2, 0) is 17.8 Å². The number of allylic oxidation sites excluding steroid dienone is 1. The molecule has 3 aromatic rings. The molecule has 156 valence electrons. The number of esters is 1. The topological polar surface area (TPSA) is 61.8 Å². The van der Waals surface area contributed by atoms with Gasteiger partial charge in [0.25, 0.3) is 0 Å². The number of hydrogen-bond acceptors (Lipinski definition) is 5. The number of carbonyl (C=O) groups is 2. The zero-order valence-electron chi connectivity index (χ0n) is 17.4. The normalized spacial score (nSPS) is 13.6. The number of rotatable bonds is 6. The Bertz CT molecular complexity index is 1140. The zero-order chi connectivity index (χ0) is 21.8. The van der Waals surface area contributed by atoms with Crippen molar-refractivity contribution in [2.45, 2.75) is 20.0 Å². The summed E-state index contributed by atoms with van der Waals surface area (Å²) in [5.74, 6) is 0.865. The Morgan fingerprint density at radius 2 is 1.68 bits per heavy atom. The van der Waals surface area contributed by atoms with Crippen LogP contribution in [0, 0.1) is 0 Å². The lowest BCUT2D eigenvalue weighted by atomic mass is 10.1. The maximum Gasteiger partial charge on any atom is 0.337 e. The van der Waals surface area contributed by atoms with Crippen molar-refractivity contribution in [2.24, 2.45) is 0 Å². The van der Waals surface area contributed by atoms with Gasteiger partial charge in [-0.1, -0.05) is 43.3 Å². The molecule has 0 atom stereocenters. The van der Waals surface area contributed by atoms with Gasteiger partial charge in [0.05, 0.1) is 18.2 Å². The predicted octanol–water partition coefficient (Wildman–Crippen LogP) is 5.23. The Balaban J connectivity index is 1.44. The van der Waals surface area contributed by atoms with Crippen molar-refractivity contribution in [3.05, 3.63) is 100 Å². The van der Waals surface area contributed by atoms with Crippen molar-refractivity contribution in [1.82, 2.24) is 0 Å². The summed E-state index contributed by atoms with van der Waals surface area (Å²) >= 11 is 0. The van der Waals surface area contributed by atoms with Crippen LogP contribution in [0.3, 0.4) is 0 Å². The molecule has 0 unspecified atom stereocenters. The first-order valence-electron chi connectivity index (χ1n) is 10.0. The van der Waals surface area contributed by atoms with Gasteiger partial charge in [0.1, 0.15) is 18.1 Å². The number of fused-ring (bicyclic) bond motifs is 1. The molecule has 0 aliphatic carbocycles. The number of carbonyl (C=O) groups excluding carboxylic acids is 2. The average molecular weight is 414 g/mol. The maximum atomic E-state index is 12.7. The van der Waals surface area contributed by atoms with E-state index in [2.05, 4.69) is 6.92 Å². The predicted molar refractivity (Wildman–Crippen MR) is 117 cm³/mol. The third-order valence-electron chi connectivity index (χ3n) is 5.11. The molecule has 31 heavy (non-hydrogen) atoms. The first-order valence-corrected chi connectivity index (χ1v) is 10.0. The number of methoxy groups -OCH3 is 1. The van der Waals surface area contributed by atoms with Gasteiger partial charge in [0, 0.05) is 6.07 Å². The molecule has 0 spiro atoms. The summed E-state index contributed by atoms with van der Waals surface area (Å²) in [6.07, 6.45) is 2.72. The number of benzene rings is 3. The third kappa shape index (κ3) is 4.51. The summed E-state index contributed by atoms with van der Waals surface area (Å²) in [5.41, 5.74) is 4.07. The van der Waals surface area contributed by atoms with E-state index in [0.717, 1.165) is 17.5 Å². The van der Waals surface area contributed by atoms with Crippen molar-refractivity contribution in [3.63, 3.8) is 0 Å². The fourth-order valence-electron chi connectivity index (χ4n) is 3.28. The summed E-state index contributed by atoms with van der Waals surface area (Å²) in [5, 5.41) is 0. The van der Waals surface area contributed by atoms with Crippen LogP contribution in [0.15, 0.2) is 72.5 Å². The highest BCUT2D eigenvalue weighted by Crippen LogP contribution is 2.35. The second kappa shape index (κ2) is 8.88. The van der Waals surface area contributed by atoms with Crippen LogP contribution >= 0.6 is 0 Å².